The summed E-state index contributed by atoms with van der Waals surface area (Å²) in [6.07, 6.45) is 2.03. The molecule has 1 unspecified atom stereocenters. The first-order chi connectivity index (χ1) is 12.6. The van der Waals surface area contributed by atoms with Gasteiger partial charge >= 0.3 is 5.69 Å². The molecule has 0 saturated carbocycles. The number of aromatic nitrogens is 2. The number of hydrogen-bond donors (Lipinski definition) is 3. The smallest absolute Gasteiger partial charge is 0.353 e. The Morgan fingerprint density at radius 1 is 1.42 bits per heavy atom. The van der Waals surface area contributed by atoms with E-state index in [2.05, 4.69) is 20.6 Å². The molecule has 3 rings (SSSR count). The van der Waals surface area contributed by atoms with Crippen LogP contribution in [-0.4, -0.2) is 41.3 Å². The highest BCUT2D eigenvalue weighted by molar-refractivity contribution is 5.76. The quantitative estimate of drug-likeness (QED) is 0.501. The predicted molar refractivity (Wildman–Crippen MR) is 96.8 cm³/mol. The lowest BCUT2D eigenvalue weighted by Gasteiger charge is -2.14. The van der Waals surface area contributed by atoms with Crippen LogP contribution >= 0.6 is 0 Å². The summed E-state index contributed by atoms with van der Waals surface area (Å²) in [7, 11) is 1.51. The van der Waals surface area contributed by atoms with Crippen molar-refractivity contribution in [2.24, 2.45) is 0 Å². The Morgan fingerprint density at radius 2 is 2.23 bits per heavy atom. The number of nitrogens with two attached hydrogens (primary N) is 1. The van der Waals surface area contributed by atoms with Crippen LogP contribution in [0.5, 0.6) is 5.75 Å². The molecular weight excluding hydrogens is 340 g/mol. The number of nitrogens with zero attached hydrogens (tertiary/aromatic N) is 3. The minimum Gasteiger partial charge on any atom is -0.495 e. The Morgan fingerprint density at radius 3 is 2.92 bits per heavy atom. The van der Waals surface area contributed by atoms with E-state index in [1.165, 1.54) is 7.11 Å². The van der Waals surface area contributed by atoms with Gasteiger partial charge in [-0.1, -0.05) is 12.1 Å². The van der Waals surface area contributed by atoms with E-state index in [1.54, 1.807) is 24.3 Å². The van der Waals surface area contributed by atoms with Crippen LogP contribution in [0.15, 0.2) is 24.3 Å². The summed E-state index contributed by atoms with van der Waals surface area (Å²) in [5.74, 6) is 0.480. The minimum absolute atomic E-state index is 0.0122. The van der Waals surface area contributed by atoms with Crippen LogP contribution in [-0.2, 0) is 4.74 Å². The SMILES string of the molecule is COc1ccccc1Nc1nc(NCC2CCCO2)nc(N)c1[N+](=O)[O-]. The Hall–Kier alpha value is -3.14. The van der Waals surface area contributed by atoms with Gasteiger partial charge in [0, 0.05) is 13.2 Å². The Labute approximate surface area is 149 Å². The van der Waals surface area contributed by atoms with Crippen LogP contribution in [0.25, 0.3) is 0 Å². The third-order valence-corrected chi connectivity index (χ3v) is 3.97. The second kappa shape index (κ2) is 7.83. The number of rotatable bonds is 7. The maximum Gasteiger partial charge on any atom is 0.353 e. The molecule has 10 nitrogen and oxygen atoms in total. The van der Waals surface area contributed by atoms with E-state index in [-0.39, 0.29) is 23.7 Å². The van der Waals surface area contributed by atoms with E-state index < -0.39 is 10.6 Å². The van der Waals surface area contributed by atoms with E-state index in [0.29, 0.717) is 18.0 Å². The molecule has 4 N–H and O–H groups in total. The zero-order valence-corrected chi connectivity index (χ0v) is 14.3. The van der Waals surface area contributed by atoms with E-state index in [0.717, 1.165) is 19.4 Å². The Bertz CT molecular complexity index is 794. The highest BCUT2D eigenvalue weighted by Crippen LogP contribution is 2.34. The predicted octanol–water partition coefficient (Wildman–Crippen LogP) is 2.31. The van der Waals surface area contributed by atoms with Crippen molar-refractivity contribution in [3.8, 4) is 5.75 Å². The molecule has 26 heavy (non-hydrogen) atoms. The average Bonchev–Trinajstić information content (AvgIpc) is 3.13. The molecule has 138 valence electrons. The fraction of sp³-hybridized carbons (Fsp3) is 0.375. The van der Waals surface area contributed by atoms with Crippen molar-refractivity contribution in [2.75, 3.05) is 36.6 Å². The fourth-order valence-electron chi connectivity index (χ4n) is 2.70. The third-order valence-electron chi connectivity index (χ3n) is 3.97. The van der Waals surface area contributed by atoms with E-state index >= 15 is 0 Å². The Balaban J connectivity index is 1.88. The number of nitrogen functional groups attached to an aromatic ring is 1. The van der Waals surface area contributed by atoms with Crippen LogP contribution < -0.4 is 21.1 Å². The zero-order chi connectivity index (χ0) is 18.5. The summed E-state index contributed by atoms with van der Waals surface area (Å²) in [5.41, 5.74) is 5.93. The summed E-state index contributed by atoms with van der Waals surface area (Å²) in [6, 6.07) is 7.02. The molecule has 1 aromatic heterocycles. The van der Waals surface area contributed by atoms with Gasteiger partial charge in [-0.15, -0.1) is 0 Å². The average molecular weight is 360 g/mol. The number of benzene rings is 1. The van der Waals surface area contributed by atoms with Crippen LogP contribution in [0.4, 0.5) is 29.0 Å². The summed E-state index contributed by atoms with van der Waals surface area (Å²) in [5, 5.41) is 17.3. The lowest BCUT2D eigenvalue weighted by molar-refractivity contribution is -0.383. The molecule has 2 heterocycles. The van der Waals surface area contributed by atoms with Gasteiger partial charge < -0.3 is 25.8 Å². The molecule has 2 aromatic rings. The van der Waals surface area contributed by atoms with E-state index in [4.69, 9.17) is 15.2 Å². The number of methoxy groups -OCH3 is 1. The van der Waals surface area contributed by atoms with Gasteiger partial charge in [-0.05, 0) is 25.0 Å². The molecule has 1 fully saturated rings. The molecule has 1 aliphatic rings. The van der Waals surface area contributed by atoms with Gasteiger partial charge in [0.1, 0.15) is 5.75 Å². The van der Waals surface area contributed by atoms with Gasteiger partial charge in [0.25, 0.3) is 0 Å². The molecule has 1 aromatic carbocycles. The number of ether oxygens (including phenoxy) is 2. The van der Waals surface area contributed by atoms with Crippen molar-refractivity contribution in [2.45, 2.75) is 18.9 Å². The molecule has 0 radical (unpaired) electrons. The second-order valence-corrected chi connectivity index (χ2v) is 5.73. The number of nitrogens with one attached hydrogen (secondary N) is 2. The summed E-state index contributed by atoms with van der Waals surface area (Å²) < 4.78 is 10.8. The zero-order valence-electron chi connectivity index (χ0n) is 14.3. The van der Waals surface area contributed by atoms with Crippen molar-refractivity contribution in [1.29, 1.82) is 0 Å². The van der Waals surface area contributed by atoms with Crippen molar-refractivity contribution >= 4 is 29.0 Å². The first kappa shape index (κ1) is 17.7. The summed E-state index contributed by atoms with van der Waals surface area (Å²) in [6.45, 7) is 1.24. The van der Waals surface area contributed by atoms with E-state index in [1.807, 2.05) is 0 Å². The molecule has 1 saturated heterocycles. The maximum atomic E-state index is 11.4. The molecule has 0 bridgehead atoms. The van der Waals surface area contributed by atoms with Crippen molar-refractivity contribution in [3.05, 3.63) is 34.4 Å². The van der Waals surface area contributed by atoms with Gasteiger partial charge in [0.15, 0.2) is 0 Å². The highest BCUT2D eigenvalue weighted by atomic mass is 16.6. The Kier molecular flexibility index (Phi) is 5.32. The lowest BCUT2D eigenvalue weighted by atomic mass is 10.2. The molecule has 1 atom stereocenters. The monoisotopic (exact) mass is 360 g/mol. The van der Waals surface area contributed by atoms with E-state index in [9.17, 15) is 10.1 Å². The third kappa shape index (κ3) is 3.91. The number of para-hydroxylation sites is 2. The molecule has 1 aliphatic heterocycles. The van der Waals surface area contributed by atoms with Gasteiger partial charge in [0.05, 0.1) is 23.8 Å². The van der Waals surface area contributed by atoms with Crippen LogP contribution in [0.1, 0.15) is 12.8 Å². The largest absolute Gasteiger partial charge is 0.495 e. The molecule has 0 aliphatic carbocycles. The first-order valence-corrected chi connectivity index (χ1v) is 8.16. The van der Waals surface area contributed by atoms with Gasteiger partial charge in [-0.2, -0.15) is 9.97 Å². The van der Waals surface area contributed by atoms with Crippen molar-refractivity contribution in [1.82, 2.24) is 9.97 Å². The normalized spacial score (nSPS) is 16.3. The number of anilines is 4. The molecule has 0 spiro atoms. The molecule has 10 heteroatoms. The first-order valence-electron chi connectivity index (χ1n) is 8.16. The highest BCUT2D eigenvalue weighted by Gasteiger charge is 2.24. The second-order valence-electron chi connectivity index (χ2n) is 5.73. The maximum absolute atomic E-state index is 11.4. The van der Waals surface area contributed by atoms with Crippen LogP contribution in [0.2, 0.25) is 0 Å². The van der Waals surface area contributed by atoms with Gasteiger partial charge in [-0.25, -0.2) is 0 Å². The summed E-state index contributed by atoms with van der Waals surface area (Å²) in [4.78, 5) is 19.0. The molecule has 0 amide bonds. The number of hydrogen-bond acceptors (Lipinski definition) is 9. The van der Waals surface area contributed by atoms with Crippen molar-refractivity contribution < 1.29 is 14.4 Å². The fourth-order valence-corrected chi connectivity index (χ4v) is 2.70. The van der Waals surface area contributed by atoms with Crippen LogP contribution in [0, 0.1) is 10.1 Å². The van der Waals surface area contributed by atoms with Crippen molar-refractivity contribution in [3.63, 3.8) is 0 Å². The number of nitro groups is 1. The molecular formula is C16H20N6O4. The topological polar surface area (TPSA) is 137 Å². The van der Waals surface area contributed by atoms with Gasteiger partial charge in [0.2, 0.25) is 17.6 Å². The van der Waals surface area contributed by atoms with Gasteiger partial charge in [-0.3, -0.25) is 10.1 Å². The minimum atomic E-state index is -0.614. The summed E-state index contributed by atoms with van der Waals surface area (Å²) >= 11 is 0. The standard InChI is InChI=1S/C16H20N6O4/c1-25-12-7-3-2-6-11(12)19-15-13(22(23)24)14(17)20-16(21-15)18-9-10-5-4-8-26-10/h2-3,6-7,10H,4-5,8-9H2,1H3,(H4,17,18,19,20,21). The van der Waals surface area contributed by atoms with Crippen LogP contribution in [0.3, 0.4) is 0 Å². The lowest BCUT2D eigenvalue weighted by Crippen LogP contribution is -2.20.